The Hall–Kier alpha value is -1.29. The molecule has 0 bridgehead atoms. The van der Waals surface area contributed by atoms with Crippen LogP contribution in [0.15, 0.2) is 18.2 Å². The predicted octanol–water partition coefficient (Wildman–Crippen LogP) is 2.20. The lowest BCUT2D eigenvalue weighted by molar-refractivity contribution is 0.149. The van der Waals surface area contributed by atoms with E-state index in [0.29, 0.717) is 6.10 Å². The zero-order valence-corrected chi connectivity index (χ0v) is 11.5. The third-order valence-corrected chi connectivity index (χ3v) is 3.99. The van der Waals surface area contributed by atoms with Gasteiger partial charge in [-0.05, 0) is 31.7 Å². The molecule has 3 rings (SSSR count). The third-order valence-electron chi connectivity index (χ3n) is 3.99. The van der Waals surface area contributed by atoms with Crippen molar-refractivity contribution in [1.29, 1.82) is 0 Å². The van der Waals surface area contributed by atoms with Gasteiger partial charge in [0.25, 0.3) is 0 Å². The van der Waals surface area contributed by atoms with Crippen molar-refractivity contribution in [3.63, 3.8) is 0 Å². The molecule has 19 heavy (non-hydrogen) atoms. The molecule has 1 aliphatic heterocycles. The van der Waals surface area contributed by atoms with E-state index in [9.17, 15) is 0 Å². The Morgan fingerprint density at radius 1 is 1.11 bits per heavy atom. The molecule has 1 aromatic rings. The lowest BCUT2D eigenvalue weighted by atomic mass is 9.98. The standard InChI is InChI=1S/C15H23N3O/c1-2-5-13(6-3-1)19-15-8-4-7-14(17-15)18-11-9-16-10-12-18/h4,7-8,13,16H,1-3,5-6,9-12H2. The van der Waals surface area contributed by atoms with Crippen molar-refractivity contribution in [2.24, 2.45) is 0 Å². The highest BCUT2D eigenvalue weighted by Crippen LogP contribution is 2.23. The summed E-state index contributed by atoms with van der Waals surface area (Å²) in [6, 6.07) is 6.13. The molecule has 2 fully saturated rings. The number of ether oxygens (including phenoxy) is 1. The summed E-state index contributed by atoms with van der Waals surface area (Å²) in [6.45, 7) is 4.13. The third kappa shape index (κ3) is 3.38. The fourth-order valence-electron chi connectivity index (χ4n) is 2.89. The van der Waals surface area contributed by atoms with Crippen LogP contribution < -0.4 is 15.0 Å². The highest BCUT2D eigenvalue weighted by Gasteiger charge is 2.16. The van der Waals surface area contributed by atoms with Gasteiger partial charge in [0.2, 0.25) is 5.88 Å². The Morgan fingerprint density at radius 2 is 1.89 bits per heavy atom. The molecule has 4 nitrogen and oxygen atoms in total. The van der Waals surface area contributed by atoms with Gasteiger partial charge in [-0.1, -0.05) is 12.5 Å². The molecule has 2 heterocycles. The molecule has 1 N–H and O–H groups in total. The number of nitrogens with one attached hydrogen (secondary N) is 1. The maximum Gasteiger partial charge on any atom is 0.215 e. The highest BCUT2D eigenvalue weighted by molar-refractivity contribution is 5.41. The number of aromatic nitrogens is 1. The minimum atomic E-state index is 0.375. The minimum absolute atomic E-state index is 0.375. The Morgan fingerprint density at radius 3 is 2.68 bits per heavy atom. The maximum atomic E-state index is 6.03. The first-order chi connectivity index (χ1) is 9.42. The summed E-state index contributed by atoms with van der Waals surface area (Å²) in [7, 11) is 0. The second-order valence-electron chi connectivity index (χ2n) is 5.45. The van der Waals surface area contributed by atoms with Crippen LogP contribution in [0.1, 0.15) is 32.1 Å². The van der Waals surface area contributed by atoms with E-state index >= 15 is 0 Å². The summed E-state index contributed by atoms with van der Waals surface area (Å²) in [5.41, 5.74) is 0. The van der Waals surface area contributed by atoms with Gasteiger partial charge in [-0.2, -0.15) is 4.98 Å². The molecule has 1 saturated heterocycles. The lowest BCUT2D eigenvalue weighted by Crippen LogP contribution is -2.43. The topological polar surface area (TPSA) is 37.4 Å². The molecule has 0 atom stereocenters. The summed E-state index contributed by atoms with van der Waals surface area (Å²) >= 11 is 0. The fraction of sp³-hybridized carbons (Fsp3) is 0.667. The molecule has 4 heteroatoms. The van der Waals surface area contributed by atoms with Crippen LogP contribution in [0.2, 0.25) is 0 Å². The van der Waals surface area contributed by atoms with Gasteiger partial charge in [0, 0.05) is 32.2 Å². The zero-order valence-electron chi connectivity index (χ0n) is 11.5. The minimum Gasteiger partial charge on any atom is -0.474 e. The van der Waals surface area contributed by atoms with Crippen LogP contribution in [0, 0.1) is 0 Å². The molecule has 2 aliphatic rings. The molecular formula is C15H23N3O. The molecule has 0 aromatic carbocycles. The van der Waals surface area contributed by atoms with Gasteiger partial charge in [0.1, 0.15) is 11.9 Å². The Bertz CT molecular complexity index is 398. The fourth-order valence-corrected chi connectivity index (χ4v) is 2.89. The molecule has 104 valence electrons. The molecule has 1 aromatic heterocycles. The molecule has 1 saturated carbocycles. The van der Waals surface area contributed by atoms with Gasteiger partial charge in [-0.3, -0.25) is 0 Å². The smallest absolute Gasteiger partial charge is 0.215 e. The van der Waals surface area contributed by atoms with Crippen molar-refractivity contribution in [2.75, 3.05) is 31.1 Å². The SMILES string of the molecule is c1cc(OC2CCCCC2)nc(N2CCNCC2)c1. The van der Waals surface area contributed by atoms with Crippen LogP contribution in [-0.2, 0) is 0 Å². The number of hydrogen-bond donors (Lipinski definition) is 1. The average Bonchev–Trinajstić information content (AvgIpc) is 2.49. The Balaban J connectivity index is 1.64. The van der Waals surface area contributed by atoms with Gasteiger partial charge in [0.15, 0.2) is 0 Å². The summed E-state index contributed by atoms with van der Waals surface area (Å²) in [5, 5.41) is 3.36. The number of nitrogens with zero attached hydrogens (tertiary/aromatic N) is 2. The molecule has 0 amide bonds. The van der Waals surface area contributed by atoms with Crippen molar-refractivity contribution < 1.29 is 4.74 Å². The first-order valence-corrected chi connectivity index (χ1v) is 7.51. The molecule has 0 spiro atoms. The van der Waals surface area contributed by atoms with E-state index in [4.69, 9.17) is 4.74 Å². The maximum absolute atomic E-state index is 6.03. The number of piperazine rings is 1. The molecule has 0 unspecified atom stereocenters. The van der Waals surface area contributed by atoms with E-state index in [1.54, 1.807) is 0 Å². The second kappa shape index (κ2) is 6.24. The summed E-state index contributed by atoms with van der Waals surface area (Å²) in [4.78, 5) is 6.99. The quantitative estimate of drug-likeness (QED) is 0.905. The van der Waals surface area contributed by atoms with Crippen LogP contribution in [-0.4, -0.2) is 37.3 Å². The van der Waals surface area contributed by atoms with Crippen LogP contribution in [0.4, 0.5) is 5.82 Å². The van der Waals surface area contributed by atoms with Gasteiger partial charge < -0.3 is 15.0 Å². The van der Waals surface area contributed by atoms with E-state index in [1.165, 1.54) is 32.1 Å². The largest absolute Gasteiger partial charge is 0.474 e. The first kappa shape index (κ1) is 12.7. The number of rotatable bonds is 3. The lowest BCUT2D eigenvalue weighted by Gasteiger charge is -2.29. The van der Waals surface area contributed by atoms with Crippen LogP contribution in [0.25, 0.3) is 0 Å². The van der Waals surface area contributed by atoms with Gasteiger partial charge in [-0.15, -0.1) is 0 Å². The Kier molecular flexibility index (Phi) is 4.18. The Labute approximate surface area is 115 Å². The predicted molar refractivity (Wildman–Crippen MR) is 76.8 cm³/mol. The summed E-state index contributed by atoms with van der Waals surface area (Å²) in [5.74, 6) is 1.85. The van der Waals surface area contributed by atoms with Gasteiger partial charge >= 0.3 is 0 Å². The second-order valence-corrected chi connectivity index (χ2v) is 5.45. The summed E-state index contributed by atoms with van der Waals surface area (Å²) in [6.07, 6.45) is 6.68. The van der Waals surface area contributed by atoms with Crippen LogP contribution >= 0.6 is 0 Å². The molecular weight excluding hydrogens is 238 g/mol. The van der Waals surface area contributed by atoms with Crippen molar-refractivity contribution in [3.05, 3.63) is 18.2 Å². The number of hydrogen-bond acceptors (Lipinski definition) is 4. The molecule has 0 radical (unpaired) electrons. The van der Waals surface area contributed by atoms with Crippen LogP contribution in [0.5, 0.6) is 5.88 Å². The summed E-state index contributed by atoms with van der Waals surface area (Å²) < 4.78 is 6.03. The normalized spacial score (nSPS) is 21.4. The van der Waals surface area contributed by atoms with E-state index in [1.807, 2.05) is 6.07 Å². The van der Waals surface area contributed by atoms with E-state index in [2.05, 4.69) is 27.3 Å². The van der Waals surface area contributed by atoms with E-state index < -0.39 is 0 Å². The van der Waals surface area contributed by atoms with Crippen molar-refractivity contribution in [2.45, 2.75) is 38.2 Å². The molecule has 1 aliphatic carbocycles. The van der Waals surface area contributed by atoms with Crippen LogP contribution in [0.3, 0.4) is 0 Å². The van der Waals surface area contributed by atoms with E-state index in [-0.39, 0.29) is 0 Å². The first-order valence-electron chi connectivity index (χ1n) is 7.51. The van der Waals surface area contributed by atoms with Crippen molar-refractivity contribution >= 4 is 5.82 Å². The monoisotopic (exact) mass is 261 g/mol. The van der Waals surface area contributed by atoms with Gasteiger partial charge in [0.05, 0.1) is 0 Å². The van der Waals surface area contributed by atoms with Gasteiger partial charge in [-0.25, -0.2) is 0 Å². The number of pyridine rings is 1. The zero-order chi connectivity index (χ0) is 12.9. The van der Waals surface area contributed by atoms with E-state index in [0.717, 1.165) is 37.9 Å². The van der Waals surface area contributed by atoms with Crippen molar-refractivity contribution in [1.82, 2.24) is 10.3 Å². The number of anilines is 1. The average molecular weight is 261 g/mol. The highest BCUT2D eigenvalue weighted by atomic mass is 16.5. The van der Waals surface area contributed by atoms with Crippen molar-refractivity contribution in [3.8, 4) is 5.88 Å².